The molecule has 0 unspecified atom stereocenters. The first-order chi connectivity index (χ1) is 17.9. The Morgan fingerprint density at radius 1 is 0.568 bits per heavy atom. The van der Waals surface area contributed by atoms with Gasteiger partial charge in [0.05, 0.1) is 36.0 Å². The maximum Gasteiger partial charge on any atom is 0.338 e. The van der Waals surface area contributed by atoms with Crippen LogP contribution in [0.4, 0.5) is 0 Å². The quantitative estimate of drug-likeness (QED) is 0.249. The molecule has 37 heavy (non-hydrogen) atoms. The second-order valence-corrected chi connectivity index (χ2v) is 8.86. The summed E-state index contributed by atoms with van der Waals surface area (Å²) in [4.78, 5) is 48.1. The first kappa shape index (κ1) is 27.9. The SMILES string of the molecule is COCC1CCC(COC(=O)c2ccc(C(=O)OCCOC(=O)c3ccc(C(=O)OC)cc3)cc2)CC1. The Labute approximate surface area is 216 Å². The van der Waals surface area contributed by atoms with E-state index in [1.165, 1.54) is 55.6 Å². The van der Waals surface area contributed by atoms with E-state index in [1.807, 2.05) is 0 Å². The van der Waals surface area contributed by atoms with Gasteiger partial charge in [0.1, 0.15) is 13.2 Å². The summed E-state index contributed by atoms with van der Waals surface area (Å²) in [6, 6.07) is 11.8. The molecular weight excluding hydrogens is 480 g/mol. The fourth-order valence-electron chi connectivity index (χ4n) is 4.12. The van der Waals surface area contributed by atoms with Gasteiger partial charge in [-0.2, -0.15) is 0 Å². The van der Waals surface area contributed by atoms with Crippen LogP contribution in [0, 0.1) is 11.8 Å². The van der Waals surface area contributed by atoms with Crippen LogP contribution < -0.4 is 0 Å². The van der Waals surface area contributed by atoms with Gasteiger partial charge in [-0.1, -0.05) is 0 Å². The summed E-state index contributed by atoms with van der Waals surface area (Å²) >= 11 is 0. The molecule has 1 aliphatic carbocycles. The van der Waals surface area contributed by atoms with Gasteiger partial charge in [-0.25, -0.2) is 19.2 Å². The maximum atomic E-state index is 12.4. The summed E-state index contributed by atoms with van der Waals surface area (Å²) in [6.07, 6.45) is 4.19. The van der Waals surface area contributed by atoms with E-state index >= 15 is 0 Å². The molecule has 0 heterocycles. The Hall–Kier alpha value is -3.72. The number of esters is 4. The first-order valence-corrected chi connectivity index (χ1v) is 12.2. The summed E-state index contributed by atoms with van der Waals surface area (Å²) in [5.41, 5.74) is 1.18. The summed E-state index contributed by atoms with van der Waals surface area (Å²) in [7, 11) is 2.99. The fraction of sp³-hybridized carbons (Fsp3) is 0.429. The monoisotopic (exact) mass is 512 g/mol. The van der Waals surface area contributed by atoms with Crippen LogP contribution in [-0.4, -0.2) is 64.5 Å². The van der Waals surface area contributed by atoms with Crippen molar-refractivity contribution in [3.05, 3.63) is 70.8 Å². The van der Waals surface area contributed by atoms with Crippen molar-refractivity contribution in [2.24, 2.45) is 11.8 Å². The van der Waals surface area contributed by atoms with Crippen LogP contribution in [0.25, 0.3) is 0 Å². The highest BCUT2D eigenvalue weighted by molar-refractivity contribution is 5.94. The lowest BCUT2D eigenvalue weighted by Crippen LogP contribution is -2.22. The number of carbonyl (C=O) groups excluding carboxylic acids is 4. The maximum absolute atomic E-state index is 12.4. The first-order valence-electron chi connectivity index (χ1n) is 12.2. The number of hydrogen-bond acceptors (Lipinski definition) is 9. The van der Waals surface area contributed by atoms with Gasteiger partial charge in [-0.15, -0.1) is 0 Å². The van der Waals surface area contributed by atoms with Gasteiger partial charge in [0.2, 0.25) is 0 Å². The predicted octanol–water partition coefficient (Wildman–Crippen LogP) is 4.10. The summed E-state index contributed by atoms with van der Waals surface area (Å²) in [5, 5.41) is 0. The van der Waals surface area contributed by atoms with Gasteiger partial charge in [0, 0.05) is 13.7 Å². The molecule has 0 N–H and O–H groups in total. The lowest BCUT2D eigenvalue weighted by molar-refractivity contribution is 0.0265. The van der Waals surface area contributed by atoms with Crippen molar-refractivity contribution in [2.45, 2.75) is 25.7 Å². The molecule has 9 heteroatoms. The molecule has 0 atom stereocenters. The zero-order valence-corrected chi connectivity index (χ0v) is 21.1. The number of hydrogen-bond donors (Lipinski definition) is 0. The lowest BCUT2D eigenvalue weighted by Gasteiger charge is -2.27. The molecule has 0 radical (unpaired) electrons. The molecule has 1 aliphatic rings. The van der Waals surface area contributed by atoms with Gasteiger partial charge < -0.3 is 23.7 Å². The molecular formula is C28H32O9. The average Bonchev–Trinajstić information content (AvgIpc) is 2.94. The lowest BCUT2D eigenvalue weighted by atomic mass is 9.83. The topological polar surface area (TPSA) is 114 Å². The zero-order valence-electron chi connectivity index (χ0n) is 21.1. The molecule has 3 rings (SSSR count). The van der Waals surface area contributed by atoms with Crippen molar-refractivity contribution in [3.63, 3.8) is 0 Å². The second-order valence-electron chi connectivity index (χ2n) is 8.86. The molecule has 0 spiro atoms. The number of benzene rings is 2. The summed E-state index contributed by atoms with van der Waals surface area (Å²) < 4.78 is 25.5. The zero-order chi connectivity index (χ0) is 26.6. The van der Waals surface area contributed by atoms with E-state index in [0.717, 1.165) is 32.3 Å². The molecule has 0 aliphatic heterocycles. The highest BCUT2D eigenvalue weighted by Gasteiger charge is 2.22. The minimum atomic E-state index is -0.613. The van der Waals surface area contributed by atoms with Crippen molar-refractivity contribution in [1.29, 1.82) is 0 Å². The molecule has 2 aromatic rings. The molecule has 0 amide bonds. The van der Waals surface area contributed by atoms with Gasteiger partial charge in [-0.05, 0) is 86.1 Å². The van der Waals surface area contributed by atoms with E-state index in [1.54, 1.807) is 7.11 Å². The van der Waals surface area contributed by atoms with Gasteiger partial charge in [0.15, 0.2) is 0 Å². The highest BCUT2D eigenvalue weighted by Crippen LogP contribution is 2.29. The molecule has 1 fully saturated rings. The largest absolute Gasteiger partial charge is 0.465 e. The average molecular weight is 513 g/mol. The Morgan fingerprint density at radius 2 is 0.919 bits per heavy atom. The molecule has 198 valence electrons. The second kappa shape index (κ2) is 14.1. The van der Waals surface area contributed by atoms with E-state index in [9.17, 15) is 19.2 Å². The molecule has 2 aromatic carbocycles. The smallest absolute Gasteiger partial charge is 0.338 e. The summed E-state index contributed by atoms with van der Waals surface area (Å²) in [6.45, 7) is 0.888. The van der Waals surface area contributed by atoms with Crippen molar-refractivity contribution in [3.8, 4) is 0 Å². The number of rotatable bonds is 11. The van der Waals surface area contributed by atoms with Crippen LogP contribution in [0.15, 0.2) is 48.5 Å². The Kier molecular flexibility index (Phi) is 10.6. The molecule has 1 saturated carbocycles. The van der Waals surface area contributed by atoms with Crippen molar-refractivity contribution in [2.75, 3.05) is 40.6 Å². The molecule has 0 aromatic heterocycles. The van der Waals surface area contributed by atoms with E-state index in [2.05, 4.69) is 4.74 Å². The van der Waals surface area contributed by atoms with Gasteiger partial charge in [0.25, 0.3) is 0 Å². The van der Waals surface area contributed by atoms with E-state index in [0.29, 0.717) is 29.6 Å². The third-order valence-electron chi connectivity index (χ3n) is 6.27. The number of methoxy groups -OCH3 is 2. The fourth-order valence-corrected chi connectivity index (χ4v) is 4.12. The number of carbonyl (C=O) groups is 4. The van der Waals surface area contributed by atoms with Crippen molar-refractivity contribution >= 4 is 23.9 Å². The van der Waals surface area contributed by atoms with Gasteiger partial charge >= 0.3 is 23.9 Å². The van der Waals surface area contributed by atoms with Crippen LogP contribution in [0.5, 0.6) is 0 Å². The predicted molar refractivity (Wildman–Crippen MR) is 132 cm³/mol. The Bertz CT molecular complexity index is 1050. The Balaban J connectivity index is 1.36. The van der Waals surface area contributed by atoms with Crippen LogP contribution in [0.2, 0.25) is 0 Å². The van der Waals surface area contributed by atoms with Crippen LogP contribution >= 0.6 is 0 Å². The molecule has 9 nitrogen and oxygen atoms in total. The van der Waals surface area contributed by atoms with Gasteiger partial charge in [-0.3, -0.25) is 0 Å². The Morgan fingerprint density at radius 3 is 1.30 bits per heavy atom. The van der Waals surface area contributed by atoms with Crippen LogP contribution in [0.1, 0.15) is 67.1 Å². The molecule has 0 saturated heterocycles. The minimum absolute atomic E-state index is 0.138. The van der Waals surface area contributed by atoms with Crippen molar-refractivity contribution in [1.82, 2.24) is 0 Å². The standard InChI is InChI=1S/C28H32O9/c1-33-17-19-3-5-20(6-4-19)18-37-28(32)24-13-11-23(12-14-24)27(31)36-16-15-35-26(30)22-9-7-21(8-10-22)25(29)34-2/h7-14,19-20H,3-6,15-18H2,1-2H3. The van der Waals surface area contributed by atoms with E-state index < -0.39 is 23.9 Å². The minimum Gasteiger partial charge on any atom is -0.465 e. The van der Waals surface area contributed by atoms with E-state index in [-0.39, 0.29) is 24.3 Å². The molecule has 0 bridgehead atoms. The third kappa shape index (κ3) is 8.42. The van der Waals surface area contributed by atoms with Crippen molar-refractivity contribution < 1.29 is 42.9 Å². The summed E-state index contributed by atoms with van der Waals surface area (Å²) in [5.74, 6) is -1.20. The van der Waals surface area contributed by atoms with Crippen LogP contribution in [0.3, 0.4) is 0 Å². The van der Waals surface area contributed by atoms with Crippen LogP contribution in [-0.2, 0) is 23.7 Å². The highest BCUT2D eigenvalue weighted by atomic mass is 16.6. The number of ether oxygens (including phenoxy) is 5. The third-order valence-corrected chi connectivity index (χ3v) is 6.27. The normalized spacial score (nSPS) is 16.9. The van der Waals surface area contributed by atoms with E-state index in [4.69, 9.17) is 18.9 Å².